The molecule has 2 heteroatoms. The average Bonchev–Trinajstić information content (AvgIpc) is 3.56. The van der Waals surface area contributed by atoms with Gasteiger partial charge in [0.2, 0.25) is 0 Å². The molecule has 48 heavy (non-hydrogen) atoms. The lowest BCUT2D eigenvalue weighted by atomic mass is 9.89. The summed E-state index contributed by atoms with van der Waals surface area (Å²) in [4.78, 5) is 0. The van der Waals surface area contributed by atoms with E-state index in [0.717, 1.165) is 33.1 Å². The van der Waals surface area contributed by atoms with Crippen molar-refractivity contribution in [3.8, 4) is 61.7 Å². The SMILES string of the molecule is [2H]c1c([2H])c([2H])c(-c2ccc3c4c(cccc24)-c2cc(-c4c([2H])c([2H])c([2H])c(-c5ccc6c(c5)c5ccccc5n6-c5ccccc5)c4[2H])ccc2O3)c([2H])c1[2H]. The number of fused-ring (bicyclic) bond motifs is 5. The van der Waals surface area contributed by atoms with E-state index in [-0.39, 0.29) is 52.9 Å². The van der Waals surface area contributed by atoms with Gasteiger partial charge in [0.1, 0.15) is 11.5 Å². The zero-order valence-corrected chi connectivity index (χ0v) is 25.4. The highest BCUT2D eigenvalue weighted by Gasteiger charge is 2.22. The number of ether oxygens (including phenoxy) is 1. The van der Waals surface area contributed by atoms with Crippen LogP contribution in [-0.2, 0) is 0 Å². The van der Waals surface area contributed by atoms with Crippen LogP contribution in [0.3, 0.4) is 0 Å². The molecule has 224 valence electrons. The van der Waals surface area contributed by atoms with Gasteiger partial charge in [0.15, 0.2) is 0 Å². The van der Waals surface area contributed by atoms with Gasteiger partial charge in [0, 0.05) is 27.4 Å². The third kappa shape index (κ3) is 4.13. The van der Waals surface area contributed by atoms with Crippen LogP contribution < -0.4 is 4.74 Å². The van der Waals surface area contributed by atoms with E-state index in [1.165, 1.54) is 0 Å². The van der Waals surface area contributed by atoms with Crippen LogP contribution >= 0.6 is 0 Å². The standard InChI is InChI=1S/C46H29NO/c1-3-11-30(12-4-1)36-23-26-45-46-38(36)18-10-19-39(46)41-29-34(22-25-44(41)48-45)32-14-9-13-31(27-32)33-21-24-43-40(28-33)37-17-7-8-20-42(37)47(43)35-15-5-2-6-16-35/h1-29H/i1D,3D,4D,9D,11D,12D,13D,14D,27D. The first-order chi connectivity index (χ1) is 27.5. The minimum Gasteiger partial charge on any atom is -0.456 e. The number of para-hydroxylation sites is 2. The number of hydrogen-bond acceptors (Lipinski definition) is 1. The Balaban J connectivity index is 1.15. The summed E-state index contributed by atoms with van der Waals surface area (Å²) >= 11 is 0. The zero-order valence-electron chi connectivity index (χ0n) is 34.4. The van der Waals surface area contributed by atoms with Gasteiger partial charge in [0.25, 0.3) is 0 Å². The van der Waals surface area contributed by atoms with Gasteiger partial charge in [-0.1, -0.05) is 121 Å². The first-order valence-electron chi connectivity index (χ1n) is 20.2. The van der Waals surface area contributed by atoms with Gasteiger partial charge < -0.3 is 9.30 Å². The summed E-state index contributed by atoms with van der Waals surface area (Å²) < 4.78 is 87.1. The quantitative estimate of drug-likeness (QED) is 0.191. The molecule has 2 heterocycles. The maximum atomic E-state index is 9.56. The number of hydrogen-bond donors (Lipinski definition) is 0. The van der Waals surface area contributed by atoms with Crippen LogP contribution in [-0.4, -0.2) is 4.57 Å². The average molecular weight is 621 g/mol. The van der Waals surface area contributed by atoms with E-state index >= 15 is 0 Å². The molecule has 0 radical (unpaired) electrons. The highest BCUT2D eigenvalue weighted by Crippen LogP contribution is 2.49. The molecule has 9 aromatic rings. The van der Waals surface area contributed by atoms with E-state index in [0.29, 0.717) is 44.5 Å². The lowest BCUT2D eigenvalue weighted by Gasteiger charge is -2.23. The fraction of sp³-hybridized carbons (Fsp3) is 0. The Morgan fingerprint density at radius 1 is 0.438 bits per heavy atom. The molecule has 0 bridgehead atoms. The van der Waals surface area contributed by atoms with Crippen LogP contribution in [0.1, 0.15) is 12.3 Å². The lowest BCUT2D eigenvalue weighted by Crippen LogP contribution is -1.98. The minimum atomic E-state index is -0.461. The molecule has 8 aromatic carbocycles. The summed E-state index contributed by atoms with van der Waals surface area (Å²) in [5.74, 6) is 1.08. The fourth-order valence-corrected chi connectivity index (χ4v) is 7.01. The third-order valence-electron chi connectivity index (χ3n) is 9.15. The van der Waals surface area contributed by atoms with E-state index in [9.17, 15) is 1.37 Å². The van der Waals surface area contributed by atoms with Crippen molar-refractivity contribution >= 4 is 32.6 Å². The monoisotopic (exact) mass is 620 g/mol. The van der Waals surface area contributed by atoms with Crippen molar-refractivity contribution in [3.63, 3.8) is 0 Å². The van der Waals surface area contributed by atoms with Crippen LogP contribution in [0.5, 0.6) is 11.5 Å². The molecule has 0 aliphatic carbocycles. The van der Waals surface area contributed by atoms with E-state index in [4.69, 9.17) is 15.7 Å². The summed E-state index contributed by atoms with van der Waals surface area (Å²) in [6.07, 6.45) is 0. The molecular formula is C46H29NO. The molecule has 0 saturated carbocycles. The summed E-state index contributed by atoms with van der Waals surface area (Å²) in [7, 11) is 0. The van der Waals surface area contributed by atoms with Gasteiger partial charge in [-0.15, -0.1) is 0 Å². The van der Waals surface area contributed by atoms with Crippen LogP contribution in [0.4, 0.5) is 0 Å². The topological polar surface area (TPSA) is 14.2 Å². The molecular weight excluding hydrogens is 583 g/mol. The molecule has 0 N–H and O–H groups in total. The zero-order chi connectivity index (χ0) is 39.4. The van der Waals surface area contributed by atoms with Gasteiger partial charge in [-0.2, -0.15) is 0 Å². The maximum absolute atomic E-state index is 9.56. The number of aromatic nitrogens is 1. The highest BCUT2D eigenvalue weighted by atomic mass is 16.5. The molecule has 0 saturated heterocycles. The summed E-state index contributed by atoms with van der Waals surface area (Å²) in [6.45, 7) is 0. The first kappa shape index (κ1) is 19.3. The Morgan fingerprint density at radius 3 is 2.02 bits per heavy atom. The molecule has 10 rings (SSSR count). The Bertz CT molecular complexity index is 3180. The molecule has 0 unspecified atom stereocenters. The Hall–Kier alpha value is -6.38. The third-order valence-corrected chi connectivity index (χ3v) is 9.15. The van der Waals surface area contributed by atoms with Crippen molar-refractivity contribution in [2.45, 2.75) is 0 Å². The smallest absolute Gasteiger partial charge is 0.135 e. The Morgan fingerprint density at radius 2 is 1.15 bits per heavy atom. The van der Waals surface area contributed by atoms with Gasteiger partial charge in [-0.3, -0.25) is 0 Å². The largest absolute Gasteiger partial charge is 0.456 e. The number of nitrogens with zero attached hydrogens (tertiary/aromatic N) is 1. The van der Waals surface area contributed by atoms with Crippen molar-refractivity contribution < 1.29 is 17.1 Å². The van der Waals surface area contributed by atoms with Crippen LogP contribution in [0.25, 0.3) is 82.8 Å². The lowest BCUT2D eigenvalue weighted by molar-refractivity contribution is 0.487. The van der Waals surface area contributed by atoms with Crippen molar-refractivity contribution in [3.05, 3.63) is 176 Å². The second-order valence-electron chi connectivity index (χ2n) is 11.8. The van der Waals surface area contributed by atoms with Crippen molar-refractivity contribution in [2.24, 2.45) is 0 Å². The van der Waals surface area contributed by atoms with Crippen LogP contribution in [0.15, 0.2) is 176 Å². The molecule has 1 aliphatic rings. The Labute approximate surface area is 291 Å². The van der Waals surface area contributed by atoms with Gasteiger partial charge in [-0.05, 0) is 98.9 Å². The molecule has 0 atom stereocenters. The van der Waals surface area contributed by atoms with Gasteiger partial charge in [0.05, 0.1) is 23.4 Å². The van der Waals surface area contributed by atoms with Gasteiger partial charge >= 0.3 is 0 Å². The van der Waals surface area contributed by atoms with Crippen LogP contribution in [0, 0.1) is 0 Å². The van der Waals surface area contributed by atoms with E-state index < -0.39 is 18.1 Å². The molecule has 1 aliphatic heterocycles. The van der Waals surface area contributed by atoms with E-state index in [2.05, 4.69) is 28.8 Å². The second kappa shape index (κ2) is 10.6. The fourth-order valence-electron chi connectivity index (χ4n) is 7.01. The molecule has 2 nitrogen and oxygen atoms in total. The van der Waals surface area contributed by atoms with E-state index in [1.54, 1.807) is 24.3 Å². The molecule has 0 amide bonds. The van der Waals surface area contributed by atoms with Gasteiger partial charge in [-0.25, -0.2) is 0 Å². The normalized spacial score (nSPS) is 14.5. The maximum Gasteiger partial charge on any atom is 0.135 e. The number of benzene rings is 8. The predicted molar refractivity (Wildman–Crippen MR) is 200 cm³/mol. The molecule has 0 fully saturated rings. The summed E-state index contributed by atoms with van der Waals surface area (Å²) in [6, 6.07) is 35.8. The van der Waals surface area contributed by atoms with Crippen molar-refractivity contribution in [1.29, 1.82) is 0 Å². The highest BCUT2D eigenvalue weighted by molar-refractivity contribution is 6.11. The minimum absolute atomic E-state index is 0.0362. The first-order valence-corrected chi connectivity index (χ1v) is 15.7. The summed E-state index contributed by atoms with van der Waals surface area (Å²) in [5.41, 5.74) is 6.56. The molecule has 1 aromatic heterocycles. The van der Waals surface area contributed by atoms with Crippen molar-refractivity contribution in [1.82, 2.24) is 4.57 Å². The number of rotatable bonds is 4. The predicted octanol–water partition coefficient (Wildman–Crippen LogP) is 12.7. The van der Waals surface area contributed by atoms with Crippen molar-refractivity contribution in [2.75, 3.05) is 0 Å². The van der Waals surface area contributed by atoms with E-state index in [1.807, 2.05) is 72.8 Å². The molecule has 0 spiro atoms. The Kier molecular flexibility index (Phi) is 4.26. The second-order valence-corrected chi connectivity index (χ2v) is 11.8. The summed E-state index contributed by atoms with van der Waals surface area (Å²) in [5, 5.41) is 3.28. The van der Waals surface area contributed by atoms with Crippen LogP contribution in [0.2, 0.25) is 0 Å².